The summed E-state index contributed by atoms with van der Waals surface area (Å²) < 4.78 is 7.82. The lowest BCUT2D eigenvalue weighted by Crippen LogP contribution is -2.34. The highest BCUT2D eigenvalue weighted by Crippen LogP contribution is 2.30. The molecule has 1 saturated heterocycles. The first-order valence-corrected chi connectivity index (χ1v) is 11.7. The van der Waals surface area contributed by atoms with Gasteiger partial charge in [0.1, 0.15) is 17.1 Å². The van der Waals surface area contributed by atoms with E-state index in [1.54, 1.807) is 7.11 Å². The van der Waals surface area contributed by atoms with E-state index in [1.165, 1.54) is 15.3 Å². The Hall–Kier alpha value is -2.70. The normalized spacial score (nSPS) is 15.5. The standard InChI is InChI=1S/C25H28N4OS/c1-18-8-9-22(31-18)17-28-13-10-20(11-14-28)29-24(27-23-7-4-12-26-25(23)29)16-19-5-3-6-21(15-19)30-2/h3-9,12,15,20H,10-11,13-14,16-17H2,1-2H3. The molecule has 0 unspecified atom stereocenters. The Bertz CT molecular complexity index is 1170. The number of aromatic nitrogens is 3. The van der Waals surface area contributed by atoms with E-state index in [1.807, 2.05) is 35.7 Å². The highest BCUT2D eigenvalue weighted by atomic mass is 32.1. The van der Waals surface area contributed by atoms with Gasteiger partial charge in [0.15, 0.2) is 5.65 Å². The van der Waals surface area contributed by atoms with Gasteiger partial charge in [-0.2, -0.15) is 0 Å². The minimum absolute atomic E-state index is 0.432. The van der Waals surface area contributed by atoms with Crippen molar-refractivity contribution in [2.45, 2.75) is 38.8 Å². The van der Waals surface area contributed by atoms with Crippen molar-refractivity contribution in [3.63, 3.8) is 0 Å². The molecule has 0 bridgehead atoms. The average Bonchev–Trinajstić information content (AvgIpc) is 3.37. The minimum Gasteiger partial charge on any atom is -0.497 e. The largest absolute Gasteiger partial charge is 0.497 e. The Balaban J connectivity index is 1.38. The molecule has 1 aliphatic heterocycles. The van der Waals surface area contributed by atoms with Gasteiger partial charge in [0.25, 0.3) is 0 Å². The molecule has 160 valence electrons. The fourth-order valence-electron chi connectivity index (χ4n) is 4.58. The number of methoxy groups -OCH3 is 1. The number of likely N-dealkylation sites (tertiary alicyclic amines) is 1. The molecule has 5 nitrogen and oxygen atoms in total. The van der Waals surface area contributed by atoms with Crippen LogP contribution >= 0.6 is 11.3 Å². The number of hydrogen-bond acceptors (Lipinski definition) is 5. The van der Waals surface area contributed by atoms with Crippen LogP contribution in [0.25, 0.3) is 11.2 Å². The summed E-state index contributed by atoms with van der Waals surface area (Å²) in [4.78, 5) is 15.1. The second-order valence-corrected chi connectivity index (χ2v) is 9.66. The second-order valence-electron chi connectivity index (χ2n) is 8.29. The molecule has 4 aromatic rings. The van der Waals surface area contributed by atoms with Crippen molar-refractivity contribution in [1.82, 2.24) is 19.4 Å². The van der Waals surface area contributed by atoms with Gasteiger partial charge in [0.05, 0.1) is 7.11 Å². The van der Waals surface area contributed by atoms with Crippen molar-refractivity contribution < 1.29 is 4.74 Å². The highest BCUT2D eigenvalue weighted by Gasteiger charge is 2.25. The van der Waals surface area contributed by atoms with Crippen LogP contribution in [-0.4, -0.2) is 39.6 Å². The van der Waals surface area contributed by atoms with E-state index >= 15 is 0 Å². The van der Waals surface area contributed by atoms with Crippen LogP contribution in [0.2, 0.25) is 0 Å². The molecule has 31 heavy (non-hydrogen) atoms. The summed E-state index contributed by atoms with van der Waals surface area (Å²) in [5.74, 6) is 1.98. The number of rotatable bonds is 6. The van der Waals surface area contributed by atoms with Gasteiger partial charge in [-0.25, -0.2) is 9.97 Å². The topological polar surface area (TPSA) is 43.2 Å². The molecule has 0 N–H and O–H groups in total. The Kier molecular flexibility index (Phi) is 5.74. The molecule has 1 aromatic carbocycles. The van der Waals surface area contributed by atoms with Gasteiger partial charge in [-0.1, -0.05) is 12.1 Å². The maximum atomic E-state index is 5.42. The monoisotopic (exact) mass is 432 g/mol. The molecule has 6 heteroatoms. The zero-order chi connectivity index (χ0) is 21.2. The SMILES string of the molecule is COc1cccc(Cc2nc3cccnc3n2C2CCN(Cc3ccc(C)s3)CC2)c1. The molecule has 0 atom stereocenters. The van der Waals surface area contributed by atoms with Crippen LogP contribution in [0.3, 0.4) is 0 Å². The van der Waals surface area contributed by atoms with Gasteiger partial charge in [0, 0.05) is 48.0 Å². The number of ether oxygens (including phenoxy) is 1. The number of piperidine rings is 1. The third kappa shape index (κ3) is 4.36. The van der Waals surface area contributed by atoms with Crippen LogP contribution in [0.15, 0.2) is 54.7 Å². The van der Waals surface area contributed by atoms with Crippen LogP contribution in [0, 0.1) is 6.92 Å². The molecular weight excluding hydrogens is 404 g/mol. The molecule has 5 rings (SSSR count). The van der Waals surface area contributed by atoms with Crippen LogP contribution < -0.4 is 4.74 Å². The fraction of sp³-hybridized carbons (Fsp3) is 0.360. The fourth-order valence-corrected chi connectivity index (χ4v) is 5.51. The van der Waals surface area contributed by atoms with E-state index in [2.05, 4.69) is 46.7 Å². The van der Waals surface area contributed by atoms with Gasteiger partial charge in [-0.05, 0) is 61.7 Å². The zero-order valence-electron chi connectivity index (χ0n) is 18.1. The number of fused-ring (bicyclic) bond motifs is 1. The minimum atomic E-state index is 0.432. The van der Waals surface area contributed by atoms with E-state index < -0.39 is 0 Å². The first-order valence-electron chi connectivity index (χ1n) is 10.9. The molecule has 0 spiro atoms. The van der Waals surface area contributed by atoms with E-state index in [-0.39, 0.29) is 0 Å². The Morgan fingerprint density at radius 3 is 2.74 bits per heavy atom. The molecule has 0 saturated carbocycles. The van der Waals surface area contributed by atoms with E-state index in [4.69, 9.17) is 14.7 Å². The lowest BCUT2D eigenvalue weighted by atomic mass is 10.0. The van der Waals surface area contributed by atoms with Crippen molar-refractivity contribution in [3.8, 4) is 5.75 Å². The number of nitrogens with zero attached hydrogens (tertiary/aromatic N) is 4. The molecule has 4 heterocycles. The van der Waals surface area contributed by atoms with Crippen molar-refractivity contribution >= 4 is 22.5 Å². The van der Waals surface area contributed by atoms with E-state index in [9.17, 15) is 0 Å². The summed E-state index contributed by atoms with van der Waals surface area (Å²) in [6, 6.07) is 17.2. The van der Waals surface area contributed by atoms with Crippen LogP contribution in [0.5, 0.6) is 5.75 Å². The summed E-state index contributed by atoms with van der Waals surface area (Å²) in [6.45, 7) is 5.45. The molecule has 0 aliphatic carbocycles. The number of thiophene rings is 1. The summed E-state index contributed by atoms with van der Waals surface area (Å²) in [5, 5.41) is 0. The summed E-state index contributed by atoms with van der Waals surface area (Å²) in [6.07, 6.45) is 4.90. The van der Waals surface area contributed by atoms with Gasteiger partial charge in [-0.15, -0.1) is 11.3 Å². The van der Waals surface area contributed by atoms with E-state index in [0.717, 1.165) is 61.6 Å². The number of hydrogen-bond donors (Lipinski definition) is 0. The number of aryl methyl sites for hydroxylation is 1. The molecule has 1 fully saturated rings. The maximum Gasteiger partial charge on any atom is 0.160 e. The third-order valence-electron chi connectivity index (χ3n) is 6.12. The lowest BCUT2D eigenvalue weighted by Gasteiger charge is -2.33. The molecule has 0 radical (unpaired) electrons. The van der Waals surface area contributed by atoms with Gasteiger partial charge >= 0.3 is 0 Å². The number of imidazole rings is 1. The Morgan fingerprint density at radius 1 is 1.10 bits per heavy atom. The van der Waals surface area contributed by atoms with Crippen LogP contribution in [0.1, 0.15) is 40.0 Å². The highest BCUT2D eigenvalue weighted by molar-refractivity contribution is 7.11. The van der Waals surface area contributed by atoms with Crippen molar-refractivity contribution in [2.24, 2.45) is 0 Å². The quantitative estimate of drug-likeness (QED) is 0.418. The molecule has 1 aliphatic rings. The van der Waals surface area contributed by atoms with E-state index in [0.29, 0.717) is 6.04 Å². The van der Waals surface area contributed by atoms with Crippen molar-refractivity contribution in [3.05, 3.63) is 75.9 Å². The zero-order valence-corrected chi connectivity index (χ0v) is 18.9. The molecular formula is C25H28N4OS. The maximum absolute atomic E-state index is 5.42. The Labute approximate surface area is 187 Å². The third-order valence-corrected chi connectivity index (χ3v) is 7.10. The van der Waals surface area contributed by atoms with Gasteiger partial charge < -0.3 is 9.30 Å². The molecule has 0 amide bonds. The predicted octanol–water partition coefficient (Wildman–Crippen LogP) is 5.24. The predicted molar refractivity (Wildman–Crippen MR) is 126 cm³/mol. The number of benzene rings is 1. The average molecular weight is 433 g/mol. The van der Waals surface area contributed by atoms with Crippen molar-refractivity contribution in [2.75, 3.05) is 20.2 Å². The lowest BCUT2D eigenvalue weighted by molar-refractivity contribution is 0.181. The molecule has 3 aromatic heterocycles. The number of pyridine rings is 1. The van der Waals surface area contributed by atoms with Crippen LogP contribution in [-0.2, 0) is 13.0 Å². The van der Waals surface area contributed by atoms with Gasteiger partial charge in [0.2, 0.25) is 0 Å². The first kappa shape index (κ1) is 20.2. The summed E-state index contributed by atoms with van der Waals surface area (Å²) in [7, 11) is 1.71. The summed E-state index contributed by atoms with van der Waals surface area (Å²) >= 11 is 1.91. The Morgan fingerprint density at radius 2 is 1.97 bits per heavy atom. The first-order chi connectivity index (χ1) is 15.2. The second kappa shape index (κ2) is 8.81. The van der Waals surface area contributed by atoms with Crippen LogP contribution in [0.4, 0.5) is 0 Å². The smallest absolute Gasteiger partial charge is 0.160 e. The van der Waals surface area contributed by atoms with Crippen molar-refractivity contribution in [1.29, 1.82) is 0 Å². The summed E-state index contributed by atoms with van der Waals surface area (Å²) in [5.41, 5.74) is 3.20. The van der Waals surface area contributed by atoms with Gasteiger partial charge in [-0.3, -0.25) is 4.90 Å².